The minimum atomic E-state index is 0.0663. The van der Waals surface area contributed by atoms with Crippen LogP contribution in [0.2, 0.25) is 5.02 Å². The Balaban J connectivity index is 1.51. The summed E-state index contributed by atoms with van der Waals surface area (Å²) in [6.07, 6.45) is 4.41. The van der Waals surface area contributed by atoms with Crippen molar-refractivity contribution in [1.82, 2.24) is 19.6 Å². The molecule has 2 atom stereocenters. The summed E-state index contributed by atoms with van der Waals surface area (Å²) < 4.78 is 8.16. The molecule has 0 aliphatic carbocycles. The zero-order valence-electron chi connectivity index (χ0n) is 16.8. The highest BCUT2D eigenvalue weighted by Gasteiger charge is 2.42. The van der Waals surface area contributed by atoms with E-state index in [1.807, 2.05) is 18.2 Å². The first-order valence-electron chi connectivity index (χ1n) is 10.5. The van der Waals surface area contributed by atoms with Gasteiger partial charge in [-0.05, 0) is 30.7 Å². The largest absolute Gasteiger partial charge is 0.378 e. The Morgan fingerprint density at radius 3 is 2.93 bits per heavy atom. The lowest BCUT2D eigenvalue weighted by Gasteiger charge is -2.50. The molecule has 2 bridgehead atoms. The topological polar surface area (TPSA) is 41.8 Å². The fourth-order valence-corrected chi connectivity index (χ4v) is 5.10. The molecule has 1 N–H and O–H groups in total. The van der Waals surface area contributed by atoms with Crippen molar-refractivity contribution < 1.29 is 4.74 Å². The van der Waals surface area contributed by atoms with Gasteiger partial charge in [-0.2, -0.15) is 0 Å². The van der Waals surface area contributed by atoms with Gasteiger partial charge >= 0.3 is 0 Å². The highest BCUT2D eigenvalue weighted by atomic mass is 35.5. The third kappa shape index (κ3) is 3.68. The highest BCUT2D eigenvalue weighted by Crippen LogP contribution is 2.30. The number of morpholine rings is 1. The van der Waals surface area contributed by atoms with Gasteiger partial charge in [0.05, 0.1) is 30.1 Å². The molecule has 2 aromatic heterocycles. The van der Waals surface area contributed by atoms with Gasteiger partial charge in [-0.1, -0.05) is 43.1 Å². The summed E-state index contributed by atoms with van der Waals surface area (Å²) in [5, 5.41) is 4.61. The van der Waals surface area contributed by atoms with Crippen molar-refractivity contribution in [3.8, 4) is 11.3 Å². The lowest BCUT2D eigenvalue weighted by molar-refractivity contribution is -0.0607. The van der Waals surface area contributed by atoms with Crippen LogP contribution in [0.4, 0.5) is 0 Å². The van der Waals surface area contributed by atoms with E-state index in [0.29, 0.717) is 6.04 Å². The number of halogens is 1. The number of rotatable bonds is 5. The number of nitrogens with zero attached hydrogens (tertiary/aromatic N) is 3. The number of hydrogen-bond acceptors (Lipinski definition) is 4. The molecule has 2 saturated heterocycles. The number of ether oxygens (including phenoxy) is 1. The molecule has 5 nitrogen and oxygen atoms in total. The van der Waals surface area contributed by atoms with Gasteiger partial charge in [-0.25, -0.2) is 4.98 Å². The van der Waals surface area contributed by atoms with Crippen molar-refractivity contribution in [3.63, 3.8) is 0 Å². The van der Waals surface area contributed by atoms with Gasteiger partial charge in [0.1, 0.15) is 5.65 Å². The fraction of sp³-hybridized carbons (Fsp3) is 0.435. The Kier molecular flexibility index (Phi) is 5.08. The first kappa shape index (κ1) is 19.1. The number of nitrogens with one attached hydrogen (secondary N) is 1. The van der Waals surface area contributed by atoms with Gasteiger partial charge in [0, 0.05) is 42.5 Å². The number of benzene rings is 1. The third-order valence-corrected chi connectivity index (χ3v) is 6.31. The molecule has 152 valence electrons. The van der Waals surface area contributed by atoms with E-state index < -0.39 is 0 Å². The molecule has 29 heavy (non-hydrogen) atoms. The van der Waals surface area contributed by atoms with Crippen LogP contribution in [0.15, 0.2) is 48.7 Å². The molecule has 6 heteroatoms. The predicted octanol–water partition coefficient (Wildman–Crippen LogP) is 4.00. The van der Waals surface area contributed by atoms with Crippen LogP contribution in [0, 0.1) is 0 Å². The summed E-state index contributed by atoms with van der Waals surface area (Å²) in [5.74, 6) is 0. The molecule has 4 heterocycles. The van der Waals surface area contributed by atoms with Crippen LogP contribution in [0.3, 0.4) is 0 Å². The average molecular weight is 411 g/mol. The van der Waals surface area contributed by atoms with Crippen molar-refractivity contribution in [3.05, 3.63) is 59.4 Å². The quantitative estimate of drug-likeness (QED) is 0.690. The maximum Gasteiger partial charge on any atom is 0.137 e. The molecule has 1 aromatic carbocycles. The Bertz CT molecular complexity index is 998. The van der Waals surface area contributed by atoms with Crippen molar-refractivity contribution in [1.29, 1.82) is 0 Å². The Morgan fingerprint density at radius 1 is 1.24 bits per heavy atom. The number of piperazine rings is 1. The molecule has 0 radical (unpaired) electrons. The van der Waals surface area contributed by atoms with Gasteiger partial charge in [0.25, 0.3) is 0 Å². The van der Waals surface area contributed by atoms with E-state index in [1.54, 1.807) is 0 Å². The standard InChI is InChI=1S/C23H27ClN4O/c1-2-10-23-15-27(12-19(26-23)14-29-16-23)13-20-22(17-6-8-18(24)9-7-17)25-21-5-3-4-11-28(20)21/h3-9,11,19,26H,2,10,12-16H2,1H3. The fourth-order valence-electron chi connectivity index (χ4n) is 4.98. The zero-order chi connectivity index (χ0) is 19.8. The zero-order valence-corrected chi connectivity index (χ0v) is 17.5. The van der Waals surface area contributed by atoms with Gasteiger partial charge in [-0.3, -0.25) is 4.90 Å². The summed E-state index contributed by atoms with van der Waals surface area (Å²) in [7, 11) is 0. The maximum absolute atomic E-state index is 6.12. The van der Waals surface area contributed by atoms with E-state index >= 15 is 0 Å². The summed E-state index contributed by atoms with van der Waals surface area (Å²) in [4.78, 5) is 7.54. The molecule has 2 fully saturated rings. The van der Waals surface area contributed by atoms with Gasteiger partial charge in [0.2, 0.25) is 0 Å². The second-order valence-electron chi connectivity index (χ2n) is 8.40. The lowest BCUT2D eigenvalue weighted by atomic mass is 9.88. The Labute approximate surface area is 176 Å². The second-order valence-corrected chi connectivity index (χ2v) is 8.84. The van der Waals surface area contributed by atoms with E-state index in [1.165, 1.54) is 5.69 Å². The molecular formula is C23H27ClN4O. The van der Waals surface area contributed by atoms with Crippen LogP contribution >= 0.6 is 11.6 Å². The van der Waals surface area contributed by atoms with Crippen LogP contribution in [0.5, 0.6) is 0 Å². The number of imidazole rings is 1. The van der Waals surface area contributed by atoms with Gasteiger partial charge < -0.3 is 14.5 Å². The second kappa shape index (κ2) is 7.73. The summed E-state index contributed by atoms with van der Waals surface area (Å²) >= 11 is 6.12. The Morgan fingerprint density at radius 2 is 2.10 bits per heavy atom. The number of fused-ring (bicyclic) bond motifs is 3. The molecule has 0 saturated carbocycles. The normalized spacial score (nSPS) is 24.8. The van der Waals surface area contributed by atoms with E-state index in [4.69, 9.17) is 21.3 Å². The van der Waals surface area contributed by atoms with Crippen molar-refractivity contribution >= 4 is 17.2 Å². The van der Waals surface area contributed by atoms with E-state index in [2.05, 4.69) is 52.0 Å². The minimum Gasteiger partial charge on any atom is -0.378 e. The van der Waals surface area contributed by atoms with Crippen LogP contribution in [0.25, 0.3) is 16.9 Å². The van der Waals surface area contributed by atoms with Crippen LogP contribution < -0.4 is 5.32 Å². The van der Waals surface area contributed by atoms with Crippen molar-refractivity contribution in [2.45, 2.75) is 37.9 Å². The first-order valence-corrected chi connectivity index (χ1v) is 10.8. The SMILES string of the molecule is CCCC12COCC(CN(Cc3c(-c4ccc(Cl)cc4)nc4ccccn34)C1)N2. The molecule has 0 amide bonds. The molecule has 5 rings (SSSR count). The van der Waals surface area contributed by atoms with Gasteiger partial charge in [-0.15, -0.1) is 0 Å². The number of hydrogen-bond donors (Lipinski definition) is 1. The minimum absolute atomic E-state index is 0.0663. The van der Waals surface area contributed by atoms with Crippen LogP contribution in [-0.4, -0.2) is 52.2 Å². The third-order valence-electron chi connectivity index (χ3n) is 6.06. The van der Waals surface area contributed by atoms with E-state index in [0.717, 1.165) is 67.6 Å². The molecule has 2 unspecified atom stereocenters. The van der Waals surface area contributed by atoms with Crippen molar-refractivity contribution in [2.24, 2.45) is 0 Å². The molecule has 3 aromatic rings. The van der Waals surface area contributed by atoms with E-state index in [9.17, 15) is 0 Å². The smallest absolute Gasteiger partial charge is 0.137 e. The molecular weight excluding hydrogens is 384 g/mol. The maximum atomic E-state index is 6.12. The molecule has 2 aliphatic rings. The van der Waals surface area contributed by atoms with Gasteiger partial charge in [0.15, 0.2) is 0 Å². The number of aromatic nitrogens is 2. The summed E-state index contributed by atoms with van der Waals surface area (Å²) in [6, 6.07) is 14.6. The van der Waals surface area contributed by atoms with E-state index in [-0.39, 0.29) is 5.54 Å². The highest BCUT2D eigenvalue weighted by molar-refractivity contribution is 6.30. The average Bonchev–Trinajstić information content (AvgIpc) is 3.07. The van der Waals surface area contributed by atoms with Crippen LogP contribution in [-0.2, 0) is 11.3 Å². The predicted molar refractivity (Wildman–Crippen MR) is 116 cm³/mol. The number of pyridine rings is 1. The summed E-state index contributed by atoms with van der Waals surface area (Å²) in [6.45, 7) is 6.70. The first-order chi connectivity index (χ1) is 14.2. The lowest BCUT2D eigenvalue weighted by Crippen LogP contribution is -2.70. The monoisotopic (exact) mass is 410 g/mol. The molecule has 2 aliphatic heterocycles. The molecule has 0 spiro atoms. The summed E-state index contributed by atoms with van der Waals surface area (Å²) in [5.41, 5.74) is 4.42. The van der Waals surface area contributed by atoms with Crippen molar-refractivity contribution in [2.75, 3.05) is 26.3 Å². The Hall–Kier alpha value is -1.92. The van der Waals surface area contributed by atoms with Crippen LogP contribution in [0.1, 0.15) is 25.5 Å².